The number of amides is 1. The molecule has 1 N–H and O–H groups in total. The number of carbonyl (C=O) groups excluding carboxylic acids is 1. The Morgan fingerprint density at radius 3 is 2.93 bits per heavy atom. The van der Waals surface area contributed by atoms with Crippen molar-refractivity contribution in [2.45, 2.75) is 18.6 Å². The SMILES string of the molecule is CS(=O)(=O)N[C@H]1CCN(c2ccc(N3C[C@H](COc4cnsn4)OC3=O)cc2F)C1. The second kappa shape index (κ2) is 8.32. The lowest BCUT2D eigenvalue weighted by atomic mass is 10.2. The van der Waals surface area contributed by atoms with Crippen molar-refractivity contribution in [1.82, 2.24) is 13.5 Å². The van der Waals surface area contributed by atoms with Gasteiger partial charge in [-0.1, -0.05) is 0 Å². The van der Waals surface area contributed by atoms with Crippen molar-refractivity contribution in [2.75, 3.05) is 42.3 Å². The molecule has 0 radical (unpaired) electrons. The summed E-state index contributed by atoms with van der Waals surface area (Å²) >= 11 is 1.01. The molecule has 0 saturated carbocycles. The number of ether oxygens (including phenoxy) is 2. The van der Waals surface area contributed by atoms with E-state index in [1.54, 1.807) is 17.0 Å². The van der Waals surface area contributed by atoms with E-state index in [0.29, 0.717) is 36.8 Å². The largest absolute Gasteiger partial charge is 0.472 e. The van der Waals surface area contributed by atoms with Crippen molar-refractivity contribution in [3.63, 3.8) is 0 Å². The lowest BCUT2D eigenvalue weighted by Gasteiger charge is -2.21. The zero-order valence-electron chi connectivity index (χ0n) is 16.0. The van der Waals surface area contributed by atoms with Gasteiger partial charge < -0.3 is 14.4 Å². The van der Waals surface area contributed by atoms with E-state index in [-0.39, 0.29) is 19.2 Å². The number of anilines is 2. The Hall–Kier alpha value is -2.51. The second-order valence-corrected chi connectivity index (χ2v) is 9.47. The van der Waals surface area contributed by atoms with Crippen molar-refractivity contribution >= 4 is 39.2 Å². The number of nitrogens with one attached hydrogen (secondary N) is 1. The maximum absolute atomic E-state index is 14.8. The number of carbonyl (C=O) groups is 1. The zero-order valence-corrected chi connectivity index (χ0v) is 17.7. The highest BCUT2D eigenvalue weighted by Gasteiger charge is 2.34. The van der Waals surface area contributed by atoms with E-state index >= 15 is 0 Å². The van der Waals surface area contributed by atoms with Gasteiger partial charge in [0.15, 0.2) is 6.10 Å². The van der Waals surface area contributed by atoms with Crippen LogP contribution in [0.5, 0.6) is 5.88 Å². The third-order valence-electron chi connectivity index (χ3n) is 4.78. The highest BCUT2D eigenvalue weighted by molar-refractivity contribution is 7.88. The van der Waals surface area contributed by atoms with Crippen LogP contribution in [0.2, 0.25) is 0 Å². The average Bonchev–Trinajstić information content (AvgIpc) is 3.40. The number of cyclic esters (lactones) is 1. The molecule has 2 aliphatic rings. The van der Waals surface area contributed by atoms with E-state index in [1.807, 2.05) is 0 Å². The quantitative estimate of drug-likeness (QED) is 0.660. The Kier molecular flexibility index (Phi) is 5.75. The standard InChI is InChI=1S/C17H20FN5O5S2/c1-30(25,26)21-11-4-5-22(8-11)15-3-2-12(6-14(15)18)23-9-13(28-17(23)24)10-27-16-7-19-29-20-16/h2-3,6-7,11,13,21H,4-5,8-10H2,1H3/t11-,13+/m0/s1. The number of hydrogen-bond acceptors (Lipinski definition) is 9. The predicted molar refractivity (Wildman–Crippen MR) is 108 cm³/mol. The molecule has 1 amide bonds. The molecule has 2 fully saturated rings. The first kappa shape index (κ1) is 20.8. The molecule has 4 rings (SSSR count). The number of hydrogen-bond donors (Lipinski definition) is 1. The Bertz CT molecular complexity index is 1020. The summed E-state index contributed by atoms with van der Waals surface area (Å²) in [5.74, 6) is -0.132. The van der Waals surface area contributed by atoms with Gasteiger partial charge in [-0.05, 0) is 24.6 Å². The van der Waals surface area contributed by atoms with E-state index in [0.717, 1.165) is 18.0 Å². The van der Waals surface area contributed by atoms with Crippen molar-refractivity contribution < 1.29 is 27.1 Å². The molecule has 2 aliphatic heterocycles. The predicted octanol–water partition coefficient (Wildman–Crippen LogP) is 1.21. The van der Waals surface area contributed by atoms with E-state index < -0.39 is 28.0 Å². The van der Waals surface area contributed by atoms with Gasteiger partial charge in [0.25, 0.3) is 0 Å². The molecule has 2 aromatic rings. The van der Waals surface area contributed by atoms with Gasteiger partial charge in [-0.3, -0.25) is 4.90 Å². The van der Waals surface area contributed by atoms with Crippen LogP contribution in [0.4, 0.5) is 20.6 Å². The molecule has 2 atom stereocenters. The third-order valence-corrected chi connectivity index (χ3v) is 6.01. The van der Waals surface area contributed by atoms with Crippen molar-refractivity contribution in [1.29, 1.82) is 0 Å². The number of sulfonamides is 1. The molecule has 1 aromatic carbocycles. The lowest BCUT2D eigenvalue weighted by Crippen LogP contribution is -2.36. The van der Waals surface area contributed by atoms with Crippen LogP contribution in [0.1, 0.15) is 6.42 Å². The van der Waals surface area contributed by atoms with Crippen LogP contribution in [0.25, 0.3) is 0 Å². The number of nitrogens with zero attached hydrogens (tertiary/aromatic N) is 4. The molecule has 2 saturated heterocycles. The van der Waals surface area contributed by atoms with E-state index in [2.05, 4.69) is 13.5 Å². The molecule has 162 valence electrons. The Morgan fingerprint density at radius 1 is 1.40 bits per heavy atom. The molecule has 0 unspecified atom stereocenters. The topological polar surface area (TPSA) is 114 Å². The maximum Gasteiger partial charge on any atom is 0.414 e. The molecular formula is C17H20FN5O5S2. The number of benzene rings is 1. The van der Waals surface area contributed by atoms with Gasteiger partial charge >= 0.3 is 6.09 Å². The Labute approximate surface area is 177 Å². The maximum atomic E-state index is 14.8. The van der Waals surface area contributed by atoms with Crippen LogP contribution in [-0.4, -0.2) is 67.9 Å². The molecular weight excluding hydrogens is 437 g/mol. The summed E-state index contributed by atoms with van der Waals surface area (Å²) < 4.78 is 58.6. The van der Waals surface area contributed by atoms with Crippen LogP contribution >= 0.6 is 11.7 Å². The smallest absolute Gasteiger partial charge is 0.414 e. The summed E-state index contributed by atoms with van der Waals surface area (Å²) in [6, 6.07) is 4.25. The lowest BCUT2D eigenvalue weighted by molar-refractivity contribution is 0.103. The van der Waals surface area contributed by atoms with Crippen LogP contribution in [0.3, 0.4) is 0 Å². The van der Waals surface area contributed by atoms with Crippen molar-refractivity contribution in [2.24, 2.45) is 0 Å². The van der Waals surface area contributed by atoms with Crippen LogP contribution < -0.4 is 19.3 Å². The van der Waals surface area contributed by atoms with Gasteiger partial charge in [-0.15, -0.1) is 4.37 Å². The molecule has 0 spiro atoms. The van der Waals surface area contributed by atoms with Gasteiger partial charge in [0.1, 0.15) is 18.6 Å². The van der Waals surface area contributed by atoms with E-state index in [9.17, 15) is 17.6 Å². The Balaban J connectivity index is 1.39. The average molecular weight is 458 g/mol. The molecule has 1 aromatic heterocycles. The van der Waals surface area contributed by atoms with Crippen LogP contribution in [0, 0.1) is 5.82 Å². The van der Waals surface area contributed by atoms with Gasteiger partial charge in [0.2, 0.25) is 15.9 Å². The number of aromatic nitrogens is 2. The van der Waals surface area contributed by atoms with Gasteiger partial charge in [-0.25, -0.2) is 22.3 Å². The molecule has 3 heterocycles. The van der Waals surface area contributed by atoms with Gasteiger partial charge in [0.05, 0.1) is 35.9 Å². The normalized spacial score (nSPS) is 21.9. The van der Waals surface area contributed by atoms with E-state index in [4.69, 9.17) is 9.47 Å². The Morgan fingerprint density at radius 2 is 2.23 bits per heavy atom. The number of rotatable bonds is 7. The molecule has 10 nitrogen and oxygen atoms in total. The summed E-state index contributed by atoms with van der Waals surface area (Å²) in [5.41, 5.74) is 0.740. The first-order chi connectivity index (χ1) is 14.3. The highest BCUT2D eigenvalue weighted by atomic mass is 32.2. The van der Waals surface area contributed by atoms with Crippen molar-refractivity contribution in [3.8, 4) is 5.88 Å². The fourth-order valence-corrected chi connectivity index (χ4v) is 4.68. The minimum atomic E-state index is -3.32. The third kappa shape index (κ3) is 4.79. The van der Waals surface area contributed by atoms with Gasteiger partial charge in [-0.2, -0.15) is 4.37 Å². The monoisotopic (exact) mass is 457 g/mol. The first-order valence-electron chi connectivity index (χ1n) is 9.19. The summed E-state index contributed by atoms with van der Waals surface area (Å²) in [7, 11) is -3.32. The summed E-state index contributed by atoms with van der Waals surface area (Å²) in [5, 5.41) is 0. The van der Waals surface area contributed by atoms with Gasteiger partial charge in [0, 0.05) is 19.1 Å². The van der Waals surface area contributed by atoms with Crippen molar-refractivity contribution in [3.05, 3.63) is 30.2 Å². The zero-order chi connectivity index (χ0) is 21.3. The summed E-state index contributed by atoms with van der Waals surface area (Å²) in [6.07, 6.45) is 2.07. The highest BCUT2D eigenvalue weighted by Crippen LogP contribution is 2.30. The minimum Gasteiger partial charge on any atom is -0.472 e. The summed E-state index contributed by atoms with van der Waals surface area (Å²) in [6.45, 7) is 1.25. The molecule has 13 heteroatoms. The number of halogens is 1. The molecule has 30 heavy (non-hydrogen) atoms. The first-order valence-corrected chi connectivity index (χ1v) is 11.8. The van der Waals surface area contributed by atoms with Crippen LogP contribution in [0.15, 0.2) is 24.4 Å². The fraction of sp³-hybridized carbons (Fsp3) is 0.471. The molecule has 0 bridgehead atoms. The van der Waals surface area contributed by atoms with E-state index in [1.165, 1.54) is 17.2 Å². The second-order valence-electron chi connectivity index (χ2n) is 7.13. The fourth-order valence-electron chi connectivity index (χ4n) is 3.52. The van der Waals surface area contributed by atoms with Crippen LogP contribution in [-0.2, 0) is 14.8 Å². The summed E-state index contributed by atoms with van der Waals surface area (Å²) in [4.78, 5) is 15.3. The minimum absolute atomic E-state index is 0.122. The molecule has 0 aliphatic carbocycles.